The Morgan fingerprint density at radius 3 is 2.38 bits per heavy atom. The molecule has 0 radical (unpaired) electrons. The molecule has 0 spiro atoms. The quantitative estimate of drug-likeness (QED) is 0.861. The minimum atomic E-state index is -0.267. The van der Waals surface area contributed by atoms with Gasteiger partial charge in [0.05, 0.1) is 6.20 Å². The van der Waals surface area contributed by atoms with E-state index in [1.807, 2.05) is 4.90 Å². The fourth-order valence-corrected chi connectivity index (χ4v) is 3.35. The highest BCUT2D eigenvalue weighted by Gasteiger charge is 2.24. The molecule has 2 N–H and O–H groups in total. The standard InChI is InChI=1S/C20H24N4O2/c21-19(25)6-5-15-1-3-16(4-2-15)13-17-7-11-24(12-8-17)20(26)18-14-22-9-10-23-18/h1-4,9-10,14,17H,5-8,11-13H2,(H2,21,25). The van der Waals surface area contributed by atoms with Gasteiger partial charge in [0.1, 0.15) is 5.69 Å². The fraction of sp³-hybridized carbons (Fsp3) is 0.400. The summed E-state index contributed by atoms with van der Waals surface area (Å²) in [4.78, 5) is 33.2. The predicted octanol–water partition coefficient (Wildman–Crippen LogP) is 1.99. The minimum Gasteiger partial charge on any atom is -0.370 e. The minimum absolute atomic E-state index is 0.0321. The smallest absolute Gasteiger partial charge is 0.274 e. The lowest BCUT2D eigenvalue weighted by atomic mass is 9.89. The van der Waals surface area contributed by atoms with Gasteiger partial charge < -0.3 is 10.6 Å². The molecule has 0 aliphatic carbocycles. The van der Waals surface area contributed by atoms with Crippen LogP contribution in [0.3, 0.4) is 0 Å². The van der Waals surface area contributed by atoms with Crippen LogP contribution in [0.25, 0.3) is 0 Å². The van der Waals surface area contributed by atoms with Crippen LogP contribution in [-0.2, 0) is 17.6 Å². The SMILES string of the molecule is NC(=O)CCc1ccc(CC2CCN(C(=O)c3cnccn3)CC2)cc1. The summed E-state index contributed by atoms with van der Waals surface area (Å²) < 4.78 is 0. The zero-order chi connectivity index (χ0) is 18.4. The van der Waals surface area contributed by atoms with E-state index in [1.54, 1.807) is 12.4 Å². The second kappa shape index (κ2) is 8.56. The van der Waals surface area contributed by atoms with Gasteiger partial charge in [-0.25, -0.2) is 4.98 Å². The van der Waals surface area contributed by atoms with Gasteiger partial charge >= 0.3 is 0 Å². The highest BCUT2D eigenvalue weighted by atomic mass is 16.2. The first kappa shape index (κ1) is 18.0. The van der Waals surface area contributed by atoms with E-state index in [-0.39, 0.29) is 11.8 Å². The molecule has 1 fully saturated rings. The average Bonchev–Trinajstić information content (AvgIpc) is 2.68. The number of primary amides is 1. The molecule has 6 nitrogen and oxygen atoms in total. The molecule has 1 aromatic heterocycles. The molecule has 0 unspecified atom stereocenters. The Kier molecular flexibility index (Phi) is 5.94. The molecule has 3 rings (SSSR count). The Labute approximate surface area is 153 Å². The van der Waals surface area contributed by atoms with Gasteiger partial charge in [-0.1, -0.05) is 24.3 Å². The molecular formula is C20H24N4O2. The molecule has 6 heteroatoms. The van der Waals surface area contributed by atoms with Gasteiger partial charge in [0, 0.05) is 31.9 Å². The highest BCUT2D eigenvalue weighted by molar-refractivity contribution is 5.92. The van der Waals surface area contributed by atoms with Crippen LogP contribution in [0.15, 0.2) is 42.9 Å². The summed E-state index contributed by atoms with van der Waals surface area (Å²) in [5.74, 6) is 0.282. The average molecular weight is 352 g/mol. The number of benzene rings is 1. The second-order valence-electron chi connectivity index (χ2n) is 6.81. The summed E-state index contributed by atoms with van der Waals surface area (Å²) in [6.45, 7) is 1.52. The zero-order valence-electron chi connectivity index (χ0n) is 14.8. The monoisotopic (exact) mass is 352 g/mol. The molecule has 1 aliphatic rings. The fourth-order valence-electron chi connectivity index (χ4n) is 3.35. The molecule has 0 bridgehead atoms. The van der Waals surface area contributed by atoms with Crippen molar-refractivity contribution in [2.75, 3.05) is 13.1 Å². The summed E-state index contributed by atoms with van der Waals surface area (Å²) in [5.41, 5.74) is 8.04. The van der Waals surface area contributed by atoms with Crippen LogP contribution >= 0.6 is 0 Å². The van der Waals surface area contributed by atoms with Crippen molar-refractivity contribution < 1.29 is 9.59 Å². The summed E-state index contributed by atoms with van der Waals surface area (Å²) in [6.07, 6.45) is 8.73. The van der Waals surface area contributed by atoms with Gasteiger partial charge in [-0.2, -0.15) is 0 Å². The van der Waals surface area contributed by atoms with Crippen LogP contribution in [-0.4, -0.2) is 39.8 Å². The number of carbonyl (C=O) groups excluding carboxylic acids is 2. The van der Waals surface area contributed by atoms with Gasteiger partial charge in [0.15, 0.2) is 0 Å². The first-order valence-electron chi connectivity index (χ1n) is 9.03. The molecular weight excluding hydrogens is 328 g/mol. The Morgan fingerprint density at radius 1 is 1.08 bits per heavy atom. The number of nitrogens with two attached hydrogens (primary N) is 1. The van der Waals surface area contributed by atoms with E-state index in [1.165, 1.54) is 11.8 Å². The molecule has 1 aromatic carbocycles. The molecule has 2 heterocycles. The number of likely N-dealkylation sites (tertiary alicyclic amines) is 1. The molecule has 26 heavy (non-hydrogen) atoms. The van der Waals surface area contributed by atoms with Crippen molar-refractivity contribution in [1.29, 1.82) is 0 Å². The number of hydrogen-bond donors (Lipinski definition) is 1. The molecule has 0 atom stereocenters. The molecule has 1 aliphatic heterocycles. The van der Waals surface area contributed by atoms with Gasteiger partial charge in [0.2, 0.25) is 5.91 Å². The lowest BCUT2D eigenvalue weighted by Crippen LogP contribution is -2.39. The van der Waals surface area contributed by atoms with Crippen LogP contribution in [0.1, 0.15) is 40.9 Å². The Morgan fingerprint density at radius 2 is 1.77 bits per heavy atom. The Hall–Kier alpha value is -2.76. The van der Waals surface area contributed by atoms with Crippen LogP contribution < -0.4 is 5.73 Å². The van der Waals surface area contributed by atoms with E-state index in [4.69, 9.17) is 5.73 Å². The first-order valence-corrected chi connectivity index (χ1v) is 9.03. The number of hydrogen-bond acceptors (Lipinski definition) is 4. The normalized spacial score (nSPS) is 15.0. The molecule has 1 saturated heterocycles. The Balaban J connectivity index is 1.48. The van der Waals surface area contributed by atoms with Gasteiger partial charge in [-0.3, -0.25) is 14.6 Å². The third-order valence-corrected chi connectivity index (χ3v) is 4.89. The van der Waals surface area contributed by atoms with Gasteiger partial charge in [-0.15, -0.1) is 0 Å². The number of aryl methyl sites for hydroxylation is 1. The summed E-state index contributed by atoms with van der Waals surface area (Å²) in [7, 11) is 0. The van der Waals surface area contributed by atoms with E-state index in [9.17, 15) is 9.59 Å². The van der Waals surface area contributed by atoms with Crippen molar-refractivity contribution in [2.45, 2.75) is 32.1 Å². The number of nitrogens with zero attached hydrogens (tertiary/aromatic N) is 3. The summed E-state index contributed by atoms with van der Waals surface area (Å²) >= 11 is 0. The maximum atomic E-state index is 12.4. The third-order valence-electron chi connectivity index (χ3n) is 4.89. The van der Waals surface area contributed by atoms with Crippen LogP contribution in [0, 0.1) is 5.92 Å². The third kappa shape index (κ3) is 4.88. The maximum Gasteiger partial charge on any atom is 0.274 e. The van der Waals surface area contributed by atoms with Crippen molar-refractivity contribution in [3.63, 3.8) is 0 Å². The lowest BCUT2D eigenvalue weighted by molar-refractivity contribution is -0.117. The number of rotatable bonds is 6. The molecule has 136 valence electrons. The van der Waals surface area contributed by atoms with Crippen LogP contribution in [0.4, 0.5) is 0 Å². The van der Waals surface area contributed by atoms with Crippen LogP contribution in [0.5, 0.6) is 0 Å². The van der Waals surface area contributed by atoms with E-state index in [0.717, 1.165) is 37.9 Å². The van der Waals surface area contributed by atoms with Crippen molar-refractivity contribution in [3.05, 3.63) is 59.7 Å². The second-order valence-corrected chi connectivity index (χ2v) is 6.81. The van der Waals surface area contributed by atoms with E-state index >= 15 is 0 Å². The predicted molar refractivity (Wildman–Crippen MR) is 98.3 cm³/mol. The first-order chi connectivity index (χ1) is 12.6. The zero-order valence-corrected chi connectivity index (χ0v) is 14.8. The molecule has 2 aromatic rings. The summed E-state index contributed by atoms with van der Waals surface area (Å²) in [6, 6.07) is 8.41. The van der Waals surface area contributed by atoms with Crippen molar-refractivity contribution >= 4 is 11.8 Å². The molecule has 0 saturated carbocycles. The highest BCUT2D eigenvalue weighted by Crippen LogP contribution is 2.23. The van der Waals surface area contributed by atoms with Crippen LogP contribution in [0.2, 0.25) is 0 Å². The van der Waals surface area contributed by atoms with Crippen molar-refractivity contribution in [1.82, 2.24) is 14.9 Å². The number of piperidine rings is 1. The molecule has 2 amide bonds. The van der Waals surface area contributed by atoms with E-state index in [2.05, 4.69) is 34.2 Å². The van der Waals surface area contributed by atoms with E-state index in [0.29, 0.717) is 24.5 Å². The maximum absolute atomic E-state index is 12.4. The number of amides is 2. The van der Waals surface area contributed by atoms with Crippen molar-refractivity contribution in [2.24, 2.45) is 11.7 Å². The van der Waals surface area contributed by atoms with Gasteiger partial charge in [0.25, 0.3) is 5.91 Å². The lowest BCUT2D eigenvalue weighted by Gasteiger charge is -2.31. The number of aromatic nitrogens is 2. The Bertz CT molecular complexity index is 738. The topological polar surface area (TPSA) is 89.2 Å². The van der Waals surface area contributed by atoms with Gasteiger partial charge in [-0.05, 0) is 42.7 Å². The largest absolute Gasteiger partial charge is 0.370 e. The van der Waals surface area contributed by atoms with E-state index < -0.39 is 0 Å². The number of carbonyl (C=O) groups is 2. The summed E-state index contributed by atoms with van der Waals surface area (Å²) in [5, 5.41) is 0. The van der Waals surface area contributed by atoms with Crippen molar-refractivity contribution in [3.8, 4) is 0 Å².